The van der Waals surface area contributed by atoms with E-state index in [9.17, 15) is 32.3 Å². The van der Waals surface area contributed by atoms with Gasteiger partial charge in [-0.2, -0.15) is 0 Å². The predicted octanol–water partition coefficient (Wildman–Crippen LogP) is 9.59. The van der Waals surface area contributed by atoms with Crippen LogP contribution in [0.4, 0.5) is 30.6 Å². The van der Waals surface area contributed by atoms with Crippen molar-refractivity contribution in [2.45, 2.75) is 64.5 Å². The molecule has 0 saturated carbocycles. The summed E-state index contributed by atoms with van der Waals surface area (Å²) in [6.45, 7) is 8.10. The SMILES string of the molecule is C.CC1(C)OB(c2ccc(N)nc2)OC1(C)C.COc1cc(CBr)ccc1F.COc1cc(Cc2ccc(N)nc2)ccc1F.COc1cc(Cc2ccc(NC(=O)c3ccc(=O)n(C)c3)nc2)ccc1F.Cn1cc(C(=O)O)ccc1=O. The van der Waals surface area contributed by atoms with Crippen molar-refractivity contribution < 1.29 is 51.4 Å². The Morgan fingerprint density at radius 2 is 1.01 bits per heavy atom. The molecular formula is C60H67BBrF3N8O10. The Balaban J connectivity index is 0.000000232. The first-order valence-electron chi connectivity index (χ1n) is 25.0. The lowest BCUT2D eigenvalue weighted by molar-refractivity contribution is 0.00578. The van der Waals surface area contributed by atoms with E-state index in [-0.39, 0.29) is 71.5 Å². The molecule has 438 valence electrons. The third-order valence-corrected chi connectivity index (χ3v) is 13.2. The van der Waals surface area contributed by atoms with Gasteiger partial charge >= 0.3 is 13.1 Å². The Labute approximate surface area is 488 Å². The number of rotatable bonds is 12. The maximum absolute atomic E-state index is 13.5. The molecule has 0 atom stereocenters. The smallest absolute Gasteiger partial charge is 0.494 e. The first kappa shape index (κ1) is 66.7. The van der Waals surface area contributed by atoms with Gasteiger partial charge in [0.2, 0.25) is 11.1 Å². The number of halogens is 4. The summed E-state index contributed by atoms with van der Waals surface area (Å²) in [5.41, 5.74) is 16.2. The molecule has 0 radical (unpaired) electrons. The number of amides is 1. The minimum absolute atomic E-state index is 0. The molecule has 0 aliphatic carbocycles. The first-order chi connectivity index (χ1) is 38.8. The molecule has 83 heavy (non-hydrogen) atoms. The molecule has 1 aliphatic rings. The number of alkyl halides is 1. The van der Waals surface area contributed by atoms with Crippen LogP contribution in [0.2, 0.25) is 0 Å². The summed E-state index contributed by atoms with van der Waals surface area (Å²) in [5, 5.41) is 11.9. The Morgan fingerprint density at radius 1 is 0.602 bits per heavy atom. The topological polar surface area (TPSA) is 247 Å². The molecule has 0 unspecified atom stereocenters. The van der Waals surface area contributed by atoms with Gasteiger partial charge in [-0.05, 0) is 135 Å². The second kappa shape index (κ2) is 30.9. The second-order valence-corrected chi connectivity index (χ2v) is 19.7. The molecule has 18 nitrogen and oxygen atoms in total. The zero-order chi connectivity index (χ0) is 60.3. The lowest BCUT2D eigenvalue weighted by Gasteiger charge is -2.32. The summed E-state index contributed by atoms with van der Waals surface area (Å²) in [7, 11) is 7.05. The molecule has 23 heteroatoms. The predicted molar refractivity (Wildman–Crippen MR) is 319 cm³/mol. The van der Waals surface area contributed by atoms with Crippen LogP contribution in [0.5, 0.6) is 17.2 Å². The molecule has 1 fully saturated rings. The number of methoxy groups -OCH3 is 3. The van der Waals surface area contributed by atoms with Crippen molar-refractivity contribution in [1.82, 2.24) is 24.1 Å². The number of hydrogen-bond acceptors (Lipinski definition) is 14. The normalized spacial score (nSPS) is 12.4. The fourth-order valence-electron chi connectivity index (χ4n) is 7.20. The van der Waals surface area contributed by atoms with E-state index in [4.69, 9.17) is 40.1 Å². The van der Waals surface area contributed by atoms with Crippen LogP contribution < -0.4 is 47.6 Å². The molecule has 9 rings (SSSR count). The zero-order valence-corrected chi connectivity index (χ0v) is 48.2. The summed E-state index contributed by atoms with van der Waals surface area (Å²) >= 11 is 3.27. The van der Waals surface area contributed by atoms with E-state index in [1.165, 1.54) is 92.4 Å². The summed E-state index contributed by atoms with van der Waals surface area (Å²) in [6, 6.07) is 30.4. The number of anilines is 3. The van der Waals surface area contributed by atoms with E-state index in [2.05, 4.69) is 36.2 Å². The molecule has 1 aliphatic heterocycles. The van der Waals surface area contributed by atoms with Crippen LogP contribution in [0.3, 0.4) is 0 Å². The highest BCUT2D eigenvalue weighted by Gasteiger charge is 2.51. The fourth-order valence-corrected chi connectivity index (χ4v) is 7.55. The van der Waals surface area contributed by atoms with Crippen LogP contribution in [0.1, 0.15) is 83.7 Å². The lowest BCUT2D eigenvalue weighted by atomic mass is 9.80. The highest BCUT2D eigenvalue weighted by atomic mass is 79.9. The standard InChI is InChI=1S/C20H18FN3O3.C13H13FN2O.C11H17BN2O2.C8H8BrFO.C7H7NO3.CH4/c1-24-12-15(5-8-19(24)25)20(26)23-18-7-4-14(11-22-18)9-13-3-6-16(21)17(10-13)27-2;1-17-12-7-9(2-4-11(12)14)6-10-3-5-13(15)16-8-10;1-10(2)11(3,4)16-12(15-10)8-5-6-9(13)14-7-8;1-11-8-4-6(5-9)2-3-7(8)10;1-8-4-5(7(10)11)2-3-6(8)9;/h3-8,10-12H,9H2,1-2H3,(H,22,23,26);2-5,7-8H,6H2,1H3,(H2,15,16);5-7H,1-4H3,(H2,13,14);2-4H,5H2,1H3;2-4H,1H3,(H,10,11);1H4. The molecule has 0 spiro atoms. The number of nitrogens with zero attached hydrogens (tertiary/aromatic N) is 5. The van der Waals surface area contributed by atoms with Crippen LogP contribution in [-0.2, 0) is 41.6 Å². The summed E-state index contributed by atoms with van der Waals surface area (Å²) in [6.07, 6.45) is 9.02. The number of nitrogen functional groups attached to an aromatic ring is 2. The molecule has 3 aromatic carbocycles. The van der Waals surface area contributed by atoms with E-state index in [1.807, 2.05) is 45.9 Å². The van der Waals surface area contributed by atoms with E-state index in [0.29, 0.717) is 46.9 Å². The van der Waals surface area contributed by atoms with Crippen LogP contribution in [0, 0.1) is 17.5 Å². The molecule has 1 amide bonds. The number of nitrogens with two attached hydrogens (primary N) is 2. The molecule has 5 aromatic heterocycles. The number of carbonyl (C=O) groups is 2. The molecule has 6 N–H and O–H groups in total. The Hall–Kier alpha value is -8.80. The summed E-state index contributed by atoms with van der Waals surface area (Å²) in [4.78, 5) is 57.0. The van der Waals surface area contributed by atoms with Gasteiger partial charge < -0.3 is 54.5 Å². The number of aryl methyl sites for hydroxylation is 2. The van der Waals surface area contributed by atoms with Gasteiger partial charge in [0.25, 0.3) is 5.91 Å². The molecule has 0 bridgehead atoms. The quantitative estimate of drug-likeness (QED) is 0.0657. The van der Waals surface area contributed by atoms with Gasteiger partial charge in [-0.25, -0.2) is 32.9 Å². The minimum Gasteiger partial charge on any atom is -0.494 e. The van der Waals surface area contributed by atoms with E-state index < -0.39 is 11.8 Å². The summed E-state index contributed by atoms with van der Waals surface area (Å²) in [5.74, 6) is -0.330. The highest BCUT2D eigenvalue weighted by molar-refractivity contribution is 9.08. The minimum atomic E-state index is -1.03. The molecule has 8 aromatic rings. The molecule has 1 saturated heterocycles. The number of nitrogens with one attached hydrogen (secondary N) is 1. The highest BCUT2D eigenvalue weighted by Crippen LogP contribution is 2.36. The summed E-state index contributed by atoms with van der Waals surface area (Å²) < 4.78 is 68.5. The third-order valence-electron chi connectivity index (χ3n) is 12.5. The van der Waals surface area contributed by atoms with Gasteiger partial charge in [0.1, 0.15) is 17.5 Å². The largest absolute Gasteiger partial charge is 0.496 e. The van der Waals surface area contributed by atoms with Gasteiger partial charge in [-0.1, -0.05) is 59.8 Å². The van der Waals surface area contributed by atoms with Gasteiger partial charge in [0.05, 0.1) is 43.7 Å². The van der Waals surface area contributed by atoms with Crippen molar-refractivity contribution in [3.05, 3.63) is 223 Å². The number of carboxylic acid groups (broad SMARTS) is 1. The number of carboxylic acids is 1. The van der Waals surface area contributed by atoms with Crippen LogP contribution in [0.25, 0.3) is 0 Å². The average Bonchev–Trinajstić information content (AvgIpc) is 3.03. The van der Waals surface area contributed by atoms with Crippen molar-refractivity contribution in [1.29, 1.82) is 0 Å². The number of hydrogen-bond donors (Lipinski definition) is 4. The van der Waals surface area contributed by atoms with Crippen molar-refractivity contribution in [3.63, 3.8) is 0 Å². The number of aromatic nitrogens is 5. The van der Waals surface area contributed by atoms with E-state index in [1.54, 1.807) is 80.2 Å². The van der Waals surface area contributed by atoms with Crippen molar-refractivity contribution in [2.75, 3.05) is 38.1 Å². The number of pyridine rings is 5. The lowest BCUT2D eigenvalue weighted by Crippen LogP contribution is -2.41. The fraction of sp³-hybridized carbons (Fsp3) is 0.250. The van der Waals surface area contributed by atoms with Crippen LogP contribution in [0.15, 0.2) is 156 Å². The number of carbonyl (C=O) groups excluding carboxylic acids is 1. The van der Waals surface area contributed by atoms with E-state index >= 15 is 0 Å². The maximum atomic E-state index is 13.5. The van der Waals surface area contributed by atoms with Crippen molar-refractivity contribution in [3.8, 4) is 17.2 Å². The Kier molecular flexibility index (Phi) is 24.8. The number of ether oxygens (including phenoxy) is 3. The van der Waals surface area contributed by atoms with E-state index in [0.717, 1.165) is 33.3 Å². The Morgan fingerprint density at radius 3 is 1.41 bits per heavy atom. The zero-order valence-electron chi connectivity index (χ0n) is 46.6. The third kappa shape index (κ3) is 19.7. The Bertz CT molecular complexity index is 3540. The van der Waals surface area contributed by atoms with Crippen LogP contribution in [-0.4, -0.2) is 80.7 Å². The van der Waals surface area contributed by atoms with Gasteiger partial charge in [-0.3, -0.25) is 14.4 Å². The number of benzene rings is 3. The first-order valence-corrected chi connectivity index (χ1v) is 26.1. The van der Waals surface area contributed by atoms with Crippen LogP contribution >= 0.6 is 15.9 Å². The molecular weight excluding hydrogens is 1140 g/mol. The molecule has 6 heterocycles. The maximum Gasteiger partial charge on any atom is 0.496 e. The average molecular weight is 1210 g/mol. The monoisotopic (exact) mass is 1210 g/mol. The number of aromatic carboxylic acids is 1. The van der Waals surface area contributed by atoms with Gasteiger partial charge in [-0.15, -0.1) is 0 Å². The van der Waals surface area contributed by atoms with Crippen molar-refractivity contribution in [2.24, 2.45) is 14.1 Å². The van der Waals surface area contributed by atoms with Crippen molar-refractivity contribution >= 4 is 57.8 Å². The van der Waals surface area contributed by atoms with Gasteiger partial charge in [0, 0.05) is 68.0 Å². The van der Waals surface area contributed by atoms with Gasteiger partial charge in [0.15, 0.2) is 34.7 Å². The second-order valence-electron chi connectivity index (χ2n) is 19.1.